The fourth-order valence-electron chi connectivity index (χ4n) is 4.53. The van der Waals surface area contributed by atoms with Crippen molar-refractivity contribution in [3.8, 4) is 5.75 Å². The van der Waals surface area contributed by atoms with Crippen molar-refractivity contribution in [2.75, 3.05) is 40.5 Å². The van der Waals surface area contributed by atoms with Gasteiger partial charge >= 0.3 is 0 Å². The van der Waals surface area contributed by atoms with E-state index in [2.05, 4.69) is 0 Å². The van der Waals surface area contributed by atoms with E-state index in [0.29, 0.717) is 31.7 Å². The quantitative estimate of drug-likeness (QED) is 0.199. The number of non-ortho nitro benzene ring substituents is 1. The van der Waals surface area contributed by atoms with E-state index in [1.165, 1.54) is 24.1 Å². The maximum atomic E-state index is 13.8. The first-order valence-electron chi connectivity index (χ1n) is 12.0. The molecule has 0 saturated carbocycles. The minimum atomic E-state index is -4.11. The van der Waals surface area contributed by atoms with Gasteiger partial charge in [0, 0.05) is 43.8 Å². The van der Waals surface area contributed by atoms with Gasteiger partial charge in [0.1, 0.15) is 5.75 Å². The van der Waals surface area contributed by atoms with Crippen LogP contribution in [0.2, 0.25) is 0 Å². The smallest absolute Gasteiger partial charge is 0.269 e. The van der Waals surface area contributed by atoms with Gasteiger partial charge in [-0.05, 0) is 59.7 Å². The van der Waals surface area contributed by atoms with E-state index >= 15 is 0 Å². The Morgan fingerprint density at radius 1 is 1.13 bits per heavy atom. The highest BCUT2D eigenvalue weighted by atomic mass is 32.2. The number of rotatable bonds is 11. The second kappa shape index (κ2) is 12.0. The maximum absolute atomic E-state index is 13.8. The lowest BCUT2D eigenvalue weighted by atomic mass is 9.93. The molecule has 38 heavy (non-hydrogen) atoms. The third-order valence-corrected chi connectivity index (χ3v) is 9.33. The van der Waals surface area contributed by atoms with Crippen LogP contribution < -0.4 is 4.74 Å². The average molecular weight is 560 g/mol. The van der Waals surface area contributed by atoms with Crippen molar-refractivity contribution in [3.05, 3.63) is 86.1 Å². The van der Waals surface area contributed by atoms with Crippen molar-refractivity contribution in [2.45, 2.75) is 23.8 Å². The van der Waals surface area contributed by atoms with Gasteiger partial charge in [-0.3, -0.25) is 14.9 Å². The van der Waals surface area contributed by atoms with Crippen molar-refractivity contribution in [1.82, 2.24) is 9.21 Å². The maximum Gasteiger partial charge on any atom is 0.269 e. The van der Waals surface area contributed by atoms with Crippen LogP contribution >= 0.6 is 11.3 Å². The minimum absolute atomic E-state index is 0.0592. The zero-order valence-electron chi connectivity index (χ0n) is 21.1. The van der Waals surface area contributed by atoms with Crippen molar-refractivity contribution < 1.29 is 27.6 Å². The zero-order chi connectivity index (χ0) is 27.3. The highest BCUT2D eigenvalue weighted by Gasteiger charge is 2.35. The number of nitro groups is 1. The van der Waals surface area contributed by atoms with Crippen LogP contribution in [0.4, 0.5) is 5.69 Å². The molecule has 10 nitrogen and oxygen atoms in total. The number of thiophene rings is 1. The van der Waals surface area contributed by atoms with Crippen LogP contribution in [0, 0.1) is 10.1 Å². The number of hydrogen-bond donors (Lipinski definition) is 0. The predicted molar refractivity (Wildman–Crippen MR) is 143 cm³/mol. The normalized spacial score (nSPS) is 15.3. The summed E-state index contributed by atoms with van der Waals surface area (Å²) in [5.74, 6) is 0.372. The van der Waals surface area contributed by atoms with Gasteiger partial charge in [0.25, 0.3) is 5.69 Å². The molecule has 0 saturated heterocycles. The lowest BCUT2D eigenvalue weighted by molar-refractivity contribution is -0.384. The number of hydrogen-bond acceptors (Lipinski definition) is 8. The van der Waals surface area contributed by atoms with E-state index in [1.807, 2.05) is 35.7 Å². The molecule has 2 aromatic carbocycles. The molecular formula is C26H29N3O7S2. The summed E-state index contributed by atoms with van der Waals surface area (Å²) >= 11 is 1.65. The summed E-state index contributed by atoms with van der Waals surface area (Å²) in [6.07, 6.45) is 1.07. The summed E-state index contributed by atoms with van der Waals surface area (Å²) in [6, 6.07) is 13.9. The number of nitrogens with zero attached hydrogens (tertiary/aromatic N) is 3. The van der Waals surface area contributed by atoms with Crippen LogP contribution in [0.15, 0.2) is 64.9 Å². The Balaban J connectivity index is 1.64. The van der Waals surface area contributed by atoms with Gasteiger partial charge in [0.15, 0.2) is 0 Å². The summed E-state index contributed by atoms with van der Waals surface area (Å²) in [5.41, 5.74) is 1.72. The first kappa shape index (κ1) is 27.7. The van der Waals surface area contributed by atoms with Crippen LogP contribution in [0.1, 0.15) is 28.5 Å². The fourth-order valence-corrected chi connectivity index (χ4v) is 6.86. The Labute approximate surface area is 225 Å². The van der Waals surface area contributed by atoms with Crippen LogP contribution in [-0.4, -0.2) is 68.9 Å². The number of benzene rings is 2. The molecule has 0 N–H and O–H groups in total. The number of carbonyl (C=O) groups is 1. The first-order valence-corrected chi connectivity index (χ1v) is 14.3. The van der Waals surface area contributed by atoms with Gasteiger partial charge in [0.2, 0.25) is 15.9 Å². The lowest BCUT2D eigenvalue weighted by Gasteiger charge is -2.37. The molecule has 202 valence electrons. The average Bonchev–Trinajstić information content (AvgIpc) is 3.41. The van der Waals surface area contributed by atoms with Gasteiger partial charge in [-0.25, -0.2) is 8.42 Å². The number of fused-ring (bicyclic) bond motifs is 1. The number of nitro benzene ring substituents is 1. The molecule has 0 fully saturated rings. The number of methoxy groups -OCH3 is 2. The van der Waals surface area contributed by atoms with Gasteiger partial charge in [-0.1, -0.05) is 12.1 Å². The zero-order valence-corrected chi connectivity index (χ0v) is 22.7. The third kappa shape index (κ3) is 5.88. The van der Waals surface area contributed by atoms with Crippen molar-refractivity contribution >= 4 is 33.0 Å². The van der Waals surface area contributed by atoms with E-state index in [0.717, 1.165) is 27.6 Å². The molecule has 4 rings (SSSR count). The summed E-state index contributed by atoms with van der Waals surface area (Å²) < 4.78 is 38.6. The number of carbonyl (C=O) groups excluding carboxylic acids is 1. The third-order valence-electron chi connectivity index (χ3n) is 6.47. The largest absolute Gasteiger partial charge is 0.497 e. The SMILES string of the molecule is COCCCN(CC(=O)N1CCc2sccc2C1c1ccc(OC)cc1)S(=O)(=O)c1ccc([N+](=O)[O-])cc1. The molecular weight excluding hydrogens is 530 g/mol. The Morgan fingerprint density at radius 2 is 1.84 bits per heavy atom. The fraction of sp³-hybridized carbons (Fsp3) is 0.346. The topological polar surface area (TPSA) is 119 Å². The van der Waals surface area contributed by atoms with Crippen LogP contribution in [0.25, 0.3) is 0 Å². The highest BCUT2D eigenvalue weighted by molar-refractivity contribution is 7.89. The number of ether oxygens (including phenoxy) is 2. The summed E-state index contributed by atoms with van der Waals surface area (Å²) in [4.78, 5) is 27.0. The van der Waals surface area contributed by atoms with E-state index < -0.39 is 14.9 Å². The molecule has 0 radical (unpaired) electrons. The molecule has 12 heteroatoms. The van der Waals surface area contributed by atoms with Gasteiger partial charge < -0.3 is 14.4 Å². The molecule has 1 aromatic heterocycles. The van der Waals surface area contributed by atoms with Crippen LogP contribution in [-0.2, 0) is 26.0 Å². The second-order valence-electron chi connectivity index (χ2n) is 8.75. The summed E-state index contributed by atoms with van der Waals surface area (Å²) in [6.45, 7) is 0.461. The van der Waals surface area contributed by atoms with Gasteiger partial charge in [-0.15, -0.1) is 11.3 Å². The summed E-state index contributed by atoms with van der Waals surface area (Å²) in [5, 5.41) is 13.0. The second-order valence-corrected chi connectivity index (χ2v) is 11.7. The van der Waals surface area contributed by atoms with Crippen molar-refractivity contribution in [3.63, 3.8) is 0 Å². The molecule has 0 aliphatic carbocycles. The standard InChI is InChI=1S/C26H29N3O7S2/c1-35-16-3-14-27(38(33,34)22-10-6-20(7-11-22)29(31)32)18-25(30)28-15-12-24-23(13-17-37-24)26(28)19-4-8-21(36-2)9-5-19/h4-11,13,17,26H,3,12,14-16,18H2,1-2H3. The minimum Gasteiger partial charge on any atom is -0.497 e. The predicted octanol–water partition coefficient (Wildman–Crippen LogP) is 3.87. The van der Waals surface area contributed by atoms with E-state index in [1.54, 1.807) is 23.3 Å². The van der Waals surface area contributed by atoms with Crippen LogP contribution in [0.3, 0.4) is 0 Å². The molecule has 1 aliphatic rings. The van der Waals surface area contributed by atoms with Crippen molar-refractivity contribution in [2.24, 2.45) is 0 Å². The van der Waals surface area contributed by atoms with Crippen molar-refractivity contribution in [1.29, 1.82) is 0 Å². The Bertz CT molecular complexity index is 1370. The highest BCUT2D eigenvalue weighted by Crippen LogP contribution is 2.38. The Hall–Kier alpha value is -3.32. The molecule has 1 amide bonds. The Kier molecular flexibility index (Phi) is 8.77. The number of amides is 1. The molecule has 1 aliphatic heterocycles. The monoisotopic (exact) mass is 559 g/mol. The molecule has 2 heterocycles. The van der Waals surface area contributed by atoms with E-state index in [-0.39, 0.29) is 35.6 Å². The first-order chi connectivity index (χ1) is 18.3. The summed E-state index contributed by atoms with van der Waals surface area (Å²) in [7, 11) is -0.996. The molecule has 0 bridgehead atoms. The Morgan fingerprint density at radius 3 is 2.47 bits per heavy atom. The molecule has 1 atom stereocenters. The van der Waals surface area contributed by atoms with E-state index in [9.17, 15) is 23.3 Å². The van der Waals surface area contributed by atoms with Crippen LogP contribution in [0.5, 0.6) is 5.75 Å². The molecule has 0 spiro atoms. The van der Waals surface area contributed by atoms with E-state index in [4.69, 9.17) is 9.47 Å². The molecule has 3 aromatic rings. The van der Waals surface area contributed by atoms with Gasteiger partial charge in [0.05, 0.1) is 29.5 Å². The number of sulfonamides is 1. The van der Waals surface area contributed by atoms with Gasteiger partial charge in [-0.2, -0.15) is 4.31 Å². The molecule has 1 unspecified atom stereocenters. The lowest BCUT2D eigenvalue weighted by Crippen LogP contribution is -2.47.